The van der Waals surface area contributed by atoms with Crippen molar-refractivity contribution in [1.82, 2.24) is 9.97 Å². The molecule has 1 aromatic heterocycles. The van der Waals surface area contributed by atoms with Crippen molar-refractivity contribution in [1.29, 1.82) is 0 Å². The second kappa shape index (κ2) is 8.38. The minimum atomic E-state index is -1.04. The van der Waals surface area contributed by atoms with E-state index in [0.29, 0.717) is 5.69 Å². The molecule has 2 aromatic carbocycles. The van der Waals surface area contributed by atoms with Crippen LogP contribution in [0.3, 0.4) is 0 Å². The number of carbonyl (C=O) groups excluding carboxylic acids is 1. The predicted octanol–water partition coefficient (Wildman–Crippen LogP) is 3.91. The molecule has 0 radical (unpaired) electrons. The van der Waals surface area contributed by atoms with E-state index in [0.717, 1.165) is 23.4 Å². The normalized spacial score (nSPS) is 14.0. The maximum Gasteiger partial charge on any atom is 0.341 e. The summed E-state index contributed by atoms with van der Waals surface area (Å²) in [6, 6.07) is 9.28. The molecule has 0 saturated carbocycles. The van der Waals surface area contributed by atoms with Crippen molar-refractivity contribution in [2.75, 3.05) is 19.5 Å². The van der Waals surface area contributed by atoms with Gasteiger partial charge in [0.15, 0.2) is 0 Å². The lowest BCUT2D eigenvalue weighted by molar-refractivity contribution is -0.387. The Morgan fingerprint density at radius 3 is 2.75 bits per heavy atom. The lowest BCUT2D eigenvalue weighted by atomic mass is 9.95. The summed E-state index contributed by atoms with van der Waals surface area (Å²) in [5, 5.41) is 13.9. The fraction of sp³-hybridized carbons (Fsp3) is 0.143. The first-order valence-corrected chi connectivity index (χ1v) is 9.30. The molecular formula is C21H16FN5O5. The van der Waals surface area contributed by atoms with Crippen LogP contribution in [0.5, 0.6) is 5.75 Å². The second-order valence-corrected chi connectivity index (χ2v) is 6.68. The van der Waals surface area contributed by atoms with Gasteiger partial charge in [0.25, 0.3) is 0 Å². The van der Waals surface area contributed by atoms with Crippen molar-refractivity contribution in [3.63, 3.8) is 0 Å². The molecule has 11 heteroatoms. The molecule has 32 heavy (non-hydrogen) atoms. The summed E-state index contributed by atoms with van der Waals surface area (Å²) < 4.78 is 23.9. The van der Waals surface area contributed by atoms with E-state index in [4.69, 9.17) is 9.47 Å². The molecule has 1 atom stereocenters. The molecule has 162 valence electrons. The Hall–Kier alpha value is -4.41. The number of nitro groups is 1. The summed E-state index contributed by atoms with van der Waals surface area (Å²) in [7, 11) is 2.54. The summed E-state index contributed by atoms with van der Waals surface area (Å²) in [6.07, 6.45) is 2.95. The van der Waals surface area contributed by atoms with Gasteiger partial charge in [-0.1, -0.05) is 18.2 Å². The first-order chi connectivity index (χ1) is 15.4. The third kappa shape index (κ3) is 3.71. The van der Waals surface area contributed by atoms with E-state index in [1.54, 1.807) is 6.21 Å². The largest absolute Gasteiger partial charge is 0.494 e. The summed E-state index contributed by atoms with van der Waals surface area (Å²) in [6.45, 7) is 0. The van der Waals surface area contributed by atoms with Crippen molar-refractivity contribution in [3.05, 3.63) is 75.3 Å². The fourth-order valence-corrected chi connectivity index (χ4v) is 3.35. The molecule has 3 aromatic rings. The Balaban J connectivity index is 1.79. The average molecular weight is 437 g/mol. The van der Waals surface area contributed by atoms with Gasteiger partial charge in [0.2, 0.25) is 11.8 Å². The van der Waals surface area contributed by atoms with Gasteiger partial charge in [-0.3, -0.25) is 15.1 Å². The monoisotopic (exact) mass is 437 g/mol. The lowest BCUT2D eigenvalue weighted by Gasteiger charge is -2.15. The zero-order valence-corrected chi connectivity index (χ0v) is 16.9. The minimum absolute atomic E-state index is 0.0167. The van der Waals surface area contributed by atoms with Gasteiger partial charge in [0, 0.05) is 24.5 Å². The van der Waals surface area contributed by atoms with E-state index in [1.807, 2.05) is 24.3 Å². The summed E-state index contributed by atoms with van der Waals surface area (Å²) in [5.41, 5.74) is 1.41. The van der Waals surface area contributed by atoms with Crippen LogP contribution in [0.1, 0.15) is 27.5 Å². The van der Waals surface area contributed by atoms with Gasteiger partial charge in [-0.25, -0.2) is 14.8 Å². The molecule has 1 unspecified atom stereocenters. The van der Waals surface area contributed by atoms with Crippen LogP contribution in [0, 0.1) is 15.9 Å². The summed E-state index contributed by atoms with van der Waals surface area (Å²) >= 11 is 0. The van der Waals surface area contributed by atoms with E-state index in [9.17, 15) is 19.3 Å². The van der Waals surface area contributed by atoms with E-state index < -0.39 is 28.3 Å². The summed E-state index contributed by atoms with van der Waals surface area (Å²) in [4.78, 5) is 35.5. The molecule has 0 saturated heterocycles. The standard InChI is InChI=1S/C21H16FN5O5/c1-31-18-7-14(22)17(27(29)30)8-16(18)25-21-24-10-13(20(28)32-2)19(26-21)12-9-23-15-6-4-3-5-11(12)15/h3-10,12H,1-2H3,(H,24,25,26). The van der Waals surface area contributed by atoms with Crippen molar-refractivity contribution >= 4 is 35.2 Å². The number of methoxy groups -OCH3 is 2. The Labute approximate surface area is 180 Å². The third-order valence-electron chi connectivity index (χ3n) is 4.86. The first kappa shape index (κ1) is 20.8. The van der Waals surface area contributed by atoms with Crippen molar-refractivity contribution in [2.45, 2.75) is 5.92 Å². The number of benzene rings is 2. The molecule has 2 heterocycles. The number of rotatable bonds is 6. The highest BCUT2D eigenvalue weighted by Crippen LogP contribution is 2.38. The van der Waals surface area contributed by atoms with Gasteiger partial charge >= 0.3 is 11.7 Å². The van der Waals surface area contributed by atoms with Crippen LogP contribution >= 0.6 is 0 Å². The van der Waals surface area contributed by atoms with Crippen LogP contribution in [-0.2, 0) is 4.74 Å². The topological polar surface area (TPSA) is 129 Å². The van der Waals surface area contributed by atoms with Crippen molar-refractivity contribution in [3.8, 4) is 5.75 Å². The zero-order valence-electron chi connectivity index (χ0n) is 16.9. The molecule has 1 aliphatic heterocycles. The Morgan fingerprint density at radius 2 is 2.03 bits per heavy atom. The molecule has 0 fully saturated rings. The fourth-order valence-electron chi connectivity index (χ4n) is 3.35. The number of hydrogen-bond donors (Lipinski definition) is 1. The minimum Gasteiger partial charge on any atom is -0.494 e. The number of esters is 1. The highest BCUT2D eigenvalue weighted by Gasteiger charge is 2.28. The average Bonchev–Trinajstić information content (AvgIpc) is 3.23. The summed E-state index contributed by atoms with van der Waals surface area (Å²) in [5.74, 6) is -2.07. The van der Waals surface area contributed by atoms with E-state index in [2.05, 4.69) is 20.3 Å². The van der Waals surface area contributed by atoms with Crippen LogP contribution in [-0.4, -0.2) is 41.3 Å². The molecular weight excluding hydrogens is 421 g/mol. The second-order valence-electron chi connectivity index (χ2n) is 6.68. The van der Waals surface area contributed by atoms with Crippen LogP contribution in [0.2, 0.25) is 0 Å². The first-order valence-electron chi connectivity index (χ1n) is 9.30. The van der Waals surface area contributed by atoms with Crippen LogP contribution in [0.15, 0.2) is 47.6 Å². The number of nitrogens with zero attached hydrogens (tertiary/aromatic N) is 4. The van der Waals surface area contributed by atoms with Gasteiger partial charge in [0.05, 0.1) is 42.1 Å². The van der Waals surface area contributed by atoms with E-state index in [-0.39, 0.29) is 22.9 Å². The van der Waals surface area contributed by atoms with Gasteiger partial charge in [-0.2, -0.15) is 4.39 Å². The van der Waals surface area contributed by atoms with Gasteiger partial charge < -0.3 is 14.8 Å². The molecule has 1 aliphatic rings. The number of fused-ring (bicyclic) bond motifs is 1. The number of halogens is 1. The van der Waals surface area contributed by atoms with Crippen LogP contribution in [0.4, 0.5) is 27.4 Å². The number of aliphatic imine (C=N–C) groups is 1. The Bertz CT molecular complexity index is 1260. The Kier molecular flexibility index (Phi) is 5.46. The molecule has 1 N–H and O–H groups in total. The number of anilines is 2. The number of ether oxygens (including phenoxy) is 2. The van der Waals surface area contributed by atoms with E-state index in [1.165, 1.54) is 20.4 Å². The van der Waals surface area contributed by atoms with Crippen LogP contribution < -0.4 is 10.1 Å². The molecule has 4 rings (SSSR count). The number of hydrogen-bond acceptors (Lipinski definition) is 9. The Morgan fingerprint density at radius 1 is 1.25 bits per heavy atom. The molecule has 0 spiro atoms. The number of aromatic nitrogens is 2. The van der Waals surface area contributed by atoms with Gasteiger partial charge in [-0.05, 0) is 11.6 Å². The smallest absolute Gasteiger partial charge is 0.341 e. The maximum absolute atomic E-state index is 14.0. The number of para-hydroxylation sites is 1. The quantitative estimate of drug-likeness (QED) is 0.349. The highest BCUT2D eigenvalue weighted by molar-refractivity contribution is 5.94. The zero-order chi connectivity index (χ0) is 22.8. The lowest BCUT2D eigenvalue weighted by Crippen LogP contribution is -2.14. The highest BCUT2D eigenvalue weighted by atomic mass is 19.1. The van der Waals surface area contributed by atoms with Crippen molar-refractivity contribution < 1.29 is 23.6 Å². The molecule has 10 nitrogen and oxygen atoms in total. The van der Waals surface area contributed by atoms with Gasteiger partial charge in [-0.15, -0.1) is 0 Å². The SMILES string of the molecule is COC(=O)c1cnc(Nc2cc([N+](=O)[O-])c(F)cc2OC)nc1C1C=Nc2ccccc21. The number of nitrogens with one attached hydrogen (secondary N) is 1. The van der Waals surface area contributed by atoms with Crippen molar-refractivity contribution in [2.24, 2.45) is 4.99 Å². The number of nitro benzene ring substituents is 1. The third-order valence-corrected chi connectivity index (χ3v) is 4.86. The maximum atomic E-state index is 14.0. The molecule has 0 amide bonds. The van der Waals surface area contributed by atoms with Gasteiger partial charge in [0.1, 0.15) is 11.3 Å². The number of carbonyl (C=O) groups is 1. The molecule has 0 aliphatic carbocycles. The van der Waals surface area contributed by atoms with E-state index >= 15 is 0 Å². The predicted molar refractivity (Wildman–Crippen MR) is 113 cm³/mol. The van der Waals surface area contributed by atoms with Crippen LogP contribution in [0.25, 0.3) is 0 Å². The molecule has 0 bridgehead atoms.